The number of nitrogens with one attached hydrogen (secondary N) is 2. The van der Waals surface area contributed by atoms with Crippen LogP contribution in [-0.2, 0) is 12.7 Å². The first kappa shape index (κ1) is 20.6. The molecule has 1 fully saturated rings. The number of benzene rings is 1. The van der Waals surface area contributed by atoms with E-state index in [9.17, 15) is 18.0 Å². The number of anilines is 3. The van der Waals surface area contributed by atoms with Crippen LogP contribution in [0.3, 0.4) is 0 Å². The number of rotatable bonds is 5. The predicted octanol–water partition coefficient (Wildman–Crippen LogP) is 2.88. The Kier molecular flexibility index (Phi) is 6.04. The molecule has 2 heterocycles. The number of halogens is 3. The molecule has 2 aromatic rings. The summed E-state index contributed by atoms with van der Waals surface area (Å²) in [6, 6.07) is 4.01. The van der Waals surface area contributed by atoms with Gasteiger partial charge in [0.2, 0.25) is 11.9 Å². The van der Waals surface area contributed by atoms with E-state index in [2.05, 4.69) is 25.6 Å². The van der Waals surface area contributed by atoms with E-state index in [1.807, 2.05) is 4.90 Å². The Morgan fingerprint density at radius 1 is 1.14 bits per heavy atom. The van der Waals surface area contributed by atoms with Crippen molar-refractivity contribution in [3.63, 3.8) is 0 Å². The zero-order valence-corrected chi connectivity index (χ0v) is 16.1. The van der Waals surface area contributed by atoms with Crippen LogP contribution in [-0.4, -0.2) is 48.2 Å². The minimum atomic E-state index is -4.57. The maximum atomic E-state index is 13.1. The molecule has 3 rings (SSSR count). The van der Waals surface area contributed by atoms with Crippen LogP contribution in [0.4, 0.5) is 35.5 Å². The number of carbonyl (C=O) groups is 1. The first-order valence-corrected chi connectivity index (χ1v) is 9.12. The lowest BCUT2D eigenvalue weighted by Gasteiger charge is -2.19. The number of aromatic nitrogens is 3. The number of nitrogens with zero attached hydrogens (tertiary/aromatic N) is 5. The van der Waals surface area contributed by atoms with Crippen molar-refractivity contribution in [2.45, 2.75) is 25.6 Å². The zero-order valence-electron chi connectivity index (χ0n) is 16.1. The summed E-state index contributed by atoms with van der Waals surface area (Å²) in [7, 11) is 3.59. The van der Waals surface area contributed by atoms with Gasteiger partial charge in [-0.25, -0.2) is 4.79 Å². The third kappa shape index (κ3) is 5.24. The first-order valence-electron chi connectivity index (χ1n) is 9.12. The van der Waals surface area contributed by atoms with Crippen LogP contribution in [0.2, 0.25) is 0 Å². The van der Waals surface area contributed by atoms with Crippen LogP contribution in [0.1, 0.15) is 24.2 Å². The van der Waals surface area contributed by atoms with Crippen molar-refractivity contribution in [1.82, 2.24) is 20.3 Å². The van der Waals surface area contributed by atoms with Crippen LogP contribution in [0.25, 0.3) is 0 Å². The topological polar surface area (TPSA) is 86.3 Å². The van der Waals surface area contributed by atoms with Gasteiger partial charge < -0.3 is 20.4 Å². The molecule has 156 valence electrons. The van der Waals surface area contributed by atoms with Gasteiger partial charge in [0.05, 0.1) is 17.8 Å². The van der Waals surface area contributed by atoms with Crippen molar-refractivity contribution in [3.8, 4) is 0 Å². The molecule has 11 heteroatoms. The molecule has 2 amide bonds. The highest BCUT2D eigenvalue weighted by atomic mass is 19.4. The van der Waals surface area contributed by atoms with Gasteiger partial charge in [0.25, 0.3) is 0 Å². The molecule has 1 aliphatic rings. The normalized spacial score (nSPS) is 14.0. The molecule has 1 aromatic heterocycles. The monoisotopic (exact) mass is 409 g/mol. The lowest BCUT2D eigenvalue weighted by atomic mass is 10.1. The molecule has 0 atom stereocenters. The van der Waals surface area contributed by atoms with E-state index in [-0.39, 0.29) is 12.2 Å². The molecular weight excluding hydrogens is 387 g/mol. The maximum absolute atomic E-state index is 13.1. The Hall–Kier alpha value is -3.11. The Labute approximate surface area is 166 Å². The third-order valence-electron chi connectivity index (χ3n) is 4.33. The van der Waals surface area contributed by atoms with Gasteiger partial charge >= 0.3 is 12.2 Å². The quantitative estimate of drug-likeness (QED) is 0.790. The van der Waals surface area contributed by atoms with Crippen LogP contribution in [0.5, 0.6) is 0 Å². The number of alkyl halides is 3. The lowest BCUT2D eigenvalue weighted by Crippen LogP contribution is -2.31. The van der Waals surface area contributed by atoms with E-state index >= 15 is 0 Å². The Bertz CT molecular complexity index is 867. The minimum absolute atomic E-state index is 0.0514. The molecule has 0 radical (unpaired) electrons. The van der Waals surface area contributed by atoms with Crippen molar-refractivity contribution in [2.24, 2.45) is 0 Å². The van der Waals surface area contributed by atoms with E-state index in [0.717, 1.165) is 32.0 Å². The lowest BCUT2D eigenvalue weighted by molar-refractivity contribution is -0.136. The highest BCUT2D eigenvalue weighted by Gasteiger charge is 2.33. The molecule has 1 saturated heterocycles. The third-order valence-corrected chi connectivity index (χ3v) is 4.33. The largest absolute Gasteiger partial charge is 0.418 e. The van der Waals surface area contributed by atoms with E-state index in [1.54, 1.807) is 19.0 Å². The standard InChI is InChI=1S/C18H22F3N7O/c1-27(2)15-24-14(25-16(26-15)28-9-5-6-10-28)11-22-17(29)23-13-8-4-3-7-12(13)18(19,20)21/h3-4,7-8H,5-6,9-11H2,1-2H3,(H2,22,23,29). The Morgan fingerprint density at radius 3 is 2.48 bits per heavy atom. The fourth-order valence-electron chi connectivity index (χ4n) is 2.90. The van der Waals surface area contributed by atoms with Crippen LogP contribution in [0, 0.1) is 0 Å². The number of para-hydroxylation sites is 1. The van der Waals surface area contributed by atoms with Gasteiger partial charge in [-0.15, -0.1) is 0 Å². The van der Waals surface area contributed by atoms with Crippen molar-refractivity contribution >= 4 is 23.6 Å². The molecule has 1 aliphatic heterocycles. The van der Waals surface area contributed by atoms with Gasteiger partial charge in [0.1, 0.15) is 0 Å². The highest BCUT2D eigenvalue weighted by molar-refractivity contribution is 5.90. The van der Waals surface area contributed by atoms with Gasteiger partial charge in [0.15, 0.2) is 5.82 Å². The molecule has 1 aromatic carbocycles. The van der Waals surface area contributed by atoms with E-state index in [0.29, 0.717) is 17.7 Å². The second kappa shape index (κ2) is 8.50. The second-order valence-corrected chi connectivity index (χ2v) is 6.79. The van der Waals surface area contributed by atoms with Crippen LogP contribution < -0.4 is 20.4 Å². The number of carbonyl (C=O) groups excluding carboxylic acids is 1. The number of hydrogen-bond donors (Lipinski definition) is 2. The van der Waals surface area contributed by atoms with Gasteiger partial charge in [-0.3, -0.25) is 0 Å². The van der Waals surface area contributed by atoms with Gasteiger partial charge in [-0.2, -0.15) is 28.1 Å². The summed E-state index contributed by atoms with van der Waals surface area (Å²) in [6.45, 7) is 1.64. The first-order chi connectivity index (χ1) is 13.7. The molecule has 0 spiro atoms. The number of hydrogen-bond acceptors (Lipinski definition) is 6. The highest BCUT2D eigenvalue weighted by Crippen LogP contribution is 2.34. The summed E-state index contributed by atoms with van der Waals surface area (Å²) < 4.78 is 39.2. The molecule has 0 bridgehead atoms. The van der Waals surface area contributed by atoms with Gasteiger partial charge in [-0.1, -0.05) is 12.1 Å². The zero-order chi connectivity index (χ0) is 21.0. The average molecular weight is 409 g/mol. The van der Waals surface area contributed by atoms with Crippen molar-refractivity contribution in [3.05, 3.63) is 35.7 Å². The van der Waals surface area contributed by atoms with E-state index in [1.165, 1.54) is 18.2 Å². The van der Waals surface area contributed by atoms with Gasteiger partial charge in [-0.05, 0) is 25.0 Å². The molecule has 2 N–H and O–H groups in total. The number of urea groups is 1. The summed E-state index contributed by atoms with van der Waals surface area (Å²) >= 11 is 0. The molecule has 0 saturated carbocycles. The number of amides is 2. The maximum Gasteiger partial charge on any atom is 0.418 e. The molecule has 29 heavy (non-hydrogen) atoms. The molecule has 8 nitrogen and oxygen atoms in total. The van der Waals surface area contributed by atoms with Crippen molar-refractivity contribution < 1.29 is 18.0 Å². The minimum Gasteiger partial charge on any atom is -0.347 e. The Morgan fingerprint density at radius 2 is 1.83 bits per heavy atom. The average Bonchev–Trinajstić information content (AvgIpc) is 3.20. The smallest absolute Gasteiger partial charge is 0.347 e. The molecule has 0 aliphatic carbocycles. The van der Waals surface area contributed by atoms with E-state index < -0.39 is 17.8 Å². The summed E-state index contributed by atoms with van der Waals surface area (Å²) in [6.07, 6.45) is -2.46. The van der Waals surface area contributed by atoms with Gasteiger partial charge in [0, 0.05) is 27.2 Å². The Balaban J connectivity index is 1.70. The summed E-state index contributed by atoms with van der Waals surface area (Å²) in [5, 5.41) is 4.74. The summed E-state index contributed by atoms with van der Waals surface area (Å²) in [5.74, 6) is 1.30. The SMILES string of the molecule is CN(C)c1nc(CNC(=O)Nc2ccccc2C(F)(F)F)nc(N2CCCC2)n1. The second-order valence-electron chi connectivity index (χ2n) is 6.79. The molecule has 0 unspecified atom stereocenters. The van der Waals surface area contributed by atoms with E-state index in [4.69, 9.17) is 0 Å². The van der Waals surface area contributed by atoms with Crippen molar-refractivity contribution in [2.75, 3.05) is 42.3 Å². The molecular formula is C18H22F3N7O. The van der Waals surface area contributed by atoms with Crippen LogP contribution >= 0.6 is 0 Å². The predicted molar refractivity (Wildman–Crippen MR) is 103 cm³/mol. The van der Waals surface area contributed by atoms with Crippen LogP contribution in [0.15, 0.2) is 24.3 Å². The summed E-state index contributed by atoms with van der Waals surface area (Å²) in [4.78, 5) is 29.0. The van der Waals surface area contributed by atoms with Crippen molar-refractivity contribution in [1.29, 1.82) is 0 Å². The fourth-order valence-corrected chi connectivity index (χ4v) is 2.90. The summed E-state index contributed by atoms with van der Waals surface area (Å²) in [5.41, 5.74) is -1.23. The fraction of sp³-hybridized carbons (Fsp3) is 0.444.